The summed E-state index contributed by atoms with van der Waals surface area (Å²) in [6, 6.07) is 14.0. The van der Waals surface area contributed by atoms with Crippen LogP contribution in [0.25, 0.3) is 5.69 Å². The van der Waals surface area contributed by atoms with Crippen LogP contribution in [-0.4, -0.2) is 44.6 Å². The molecule has 32 heavy (non-hydrogen) atoms. The summed E-state index contributed by atoms with van der Waals surface area (Å²) in [5.74, 6) is 0.269. The summed E-state index contributed by atoms with van der Waals surface area (Å²) in [5.41, 5.74) is 1.94. The fourth-order valence-electron chi connectivity index (χ4n) is 3.39. The first kappa shape index (κ1) is 21.4. The fraction of sp³-hybridized carbons (Fsp3) is 0.182. The fourth-order valence-corrected chi connectivity index (χ4v) is 4.20. The normalized spacial score (nSPS) is 15.3. The van der Waals surface area contributed by atoms with Crippen LogP contribution in [0.5, 0.6) is 11.5 Å². The molecule has 10 heteroatoms. The Kier molecular flexibility index (Phi) is 5.87. The number of rotatable bonds is 5. The van der Waals surface area contributed by atoms with Gasteiger partial charge in [0.2, 0.25) is 5.91 Å². The monoisotopic (exact) mass is 451 g/mol. The predicted octanol–water partition coefficient (Wildman–Crippen LogP) is 2.67. The predicted molar refractivity (Wildman–Crippen MR) is 125 cm³/mol. The number of anilines is 1. The molecule has 1 amide bonds. The molecular weight excluding hydrogens is 430 g/mol. The van der Waals surface area contributed by atoms with Crippen molar-refractivity contribution in [1.82, 2.24) is 9.36 Å². The van der Waals surface area contributed by atoms with Crippen molar-refractivity contribution in [3.63, 3.8) is 0 Å². The molecule has 0 spiro atoms. The molecular formula is C22H21N5O4S. The quantitative estimate of drug-likeness (QED) is 0.475. The summed E-state index contributed by atoms with van der Waals surface area (Å²) >= 11 is 1.22. The van der Waals surface area contributed by atoms with Gasteiger partial charge >= 0.3 is 0 Å². The second kappa shape index (κ2) is 8.75. The number of methoxy groups -OCH3 is 1. The highest BCUT2D eigenvalue weighted by atomic mass is 32.2. The molecule has 2 heterocycles. The number of benzene rings is 2. The SMILES string of the molecule is COc1cc(/C=N/N=C2SCC(=O)N2c2c(C)n(C)n(-c3ccccc3)c2=O)ccc1O. The van der Waals surface area contributed by atoms with Gasteiger partial charge in [0.1, 0.15) is 5.69 Å². The highest BCUT2D eigenvalue weighted by Crippen LogP contribution is 2.28. The van der Waals surface area contributed by atoms with Crippen LogP contribution in [-0.2, 0) is 11.8 Å². The Hall–Kier alpha value is -3.79. The maximum Gasteiger partial charge on any atom is 0.296 e. The van der Waals surface area contributed by atoms with Gasteiger partial charge in [-0.15, -0.1) is 5.10 Å². The van der Waals surface area contributed by atoms with Crippen LogP contribution in [0.1, 0.15) is 11.3 Å². The summed E-state index contributed by atoms with van der Waals surface area (Å²) in [6.45, 7) is 1.79. The summed E-state index contributed by atoms with van der Waals surface area (Å²) in [4.78, 5) is 27.3. The molecule has 1 aliphatic heterocycles. The van der Waals surface area contributed by atoms with Gasteiger partial charge < -0.3 is 9.84 Å². The molecule has 2 aromatic carbocycles. The van der Waals surface area contributed by atoms with E-state index >= 15 is 0 Å². The van der Waals surface area contributed by atoms with Crippen LogP contribution in [0.3, 0.4) is 0 Å². The van der Waals surface area contributed by atoms with E-state index in [2.05, 4.69) is 10.2 Å². The van der Waals surface area contributed by atoms with E-state index in [0.29, 0.717) is 27.9 Å². The number of phenols is 1. The Labute approximate surface area is 188 Å². The largest absolute Gasteiger partial charge is 0.504 e. The highest BCUT2D eigenvalue weighted by Gasteiger charge is 2.35. The number of aromatic hydroxyl groups is 1. The van der Waals surface area contributed by atoms with Gasteiger partial charge in [0.25, 0.3) is 5.56 Å². The van der Waals surface area contributed by atoms with Gasteiger partial charge in [-0.1, -0.05) is 30.0 Å². The third-order valence-electron chi connectivity index (χ3n) is 5.07. The number of thioether (sulfide) groups is 1. The van der Waals surface area contributed by atoms with E-state index in [4.69, 9.17) is 4.74 Å². The lowest BCUT2D eigenvalue weighted by Gasteiger charge is -2.13. The molecule has 3 aromatic rings. The van der Waals surface area contributed by atoms with Crippen LogP contribution in [0.4, 0.5) is 5.69 Å². The summed E-state index contributed by atoms with van der Waals surface area (Å²) < 4.78 is 8.32. The van der Waals surface area contributed by atoms with E-state index < -0.39 is 0 Å². The van der Waals surface area contributed by atoms with Gasteiger partial charge in [0.15, 0.2) is 16.7 Å². The molecule has 1 aromatic heterocycles. The van der Waals surface area contributed by atoms with E-state index in [-0.39, 0.29) is 28.7 Å². The topological polar surface area (TPSA) is 101 Å². The maximum atomic E-state index is 13.3. The average Bonchev–Trinajstić information content (AvgIpc) is 3.25. The molecule has 0 unspecified atom stereocenters. The third-order valence-corrected chi connectivity index (χ3v) is 5.98. The number of aromatic nitrogens is 2. The van der Waals surface area contributed by atoms with Crippen molar-refractivity contribution >= 4 is 34.7 Å². The Morgan fingerprint density at radius 3 is 2.62 bits per heavy atom. The van der Waals surface area contributed by atoms with Crippen molar-refractivity contribution in [3.8, 4) is 17.2 Å². The summed E-state index contributed by atoms with van der Waals surface area (Å²) in [6.07, 6.45) is 1.48. The second-order valence-corrected chi connectivity index (χ2v) is 7.93. The first-order valence-corrected chi connectivity index (χ1v) is 10.7. The average molecular weight is 452 g/mol. The third kappa shape index (κ3) is 3.80. The lowest BCUT2D eigenvalue weighted by molar-refractivity contribution is -0.115. The van der Waals surface area contributed by atoms with Crippen molar-refractivity contribution in [2.24, 2.45) is 17.3 Å². The van der Waals surface area contributed by atoms with Gasteiger partial charge in [-0.25, -0.2) is 9.58 Å². The Morgan fingerprint density at radius 2 is 1.91 bits per heavy atom. The lowest BCUT2D eigenvalue weighted by atomic mass is 10.2. The maximum absolute atomic E-state index is 13.3. The summed E-state index contributed by atoms with van der Waals surface area (Å²) in [7, 11) is 3.23. The van der Waals surface area contributed by atoms with E-state index in [1.165, 1.54) is 40.7 Å². The number of phenolic OH excluding ortho intramolecular Hbond substituents is 1. The molecule has 164 valence electrons. The van der Waals surface area contributed by atoms with Crippen LogP contribution in [0.15, 0.2) is 63.5 Å². The minimum atomic E-state index is -0.313. The number of para-hydroxylation sites is 1. The molecule has 0 atom stereocenters. The minimum Gasteiger partial charge on any atom is -0.504 e. The van der Waals surface area contributed by atoms with Crippen molar-refractivity contribution in [2.45, 2.75) is 6.92 Å². The van der Waals surface area contributed by atoms with Crippen molar-refractivity contribution < 1.29 is 14.6 Å². The molecule has 1 aliphatic rings. The highest BCUT2D eigenvalue weighted by molar-refractivity contribution is 8.15. The zero-order valence-electron chi connectivity index (χ0n) is 17.7. The molecule has 0 radical (unpaired) electrons. The number of carbonyl (C=O) groups excluding carboxylic acids is 1. The van der Waals surface area contributed by atoms with Gasteiger partial charge in [-0.3, -0.25) is 14.3 Å². The van der Waals surface area contributed by atoms with Gasteiger partial charge in [-0.2, -0.15) is 5.10 Å². The van der Waals surface area contributed by atoms with E-state index in [9.17, 15) is 14.7 Å². The van der Waals surface area contributed by atoms with Crippen LogP contribution in [0.2, 0.25) is 0 Å². The van der Waals surface area contributed by atoms with Crippen LogP contribution < -0.4 is 15.2 Å². The Bertz CT molecular complexity index is 1290. The molecule has 0 saturated carbocycles. The standard InChI is InChI=1S/C22H21N5O4S/c1-14-20(21(30)27(25(14)2)16-7-5-4-6-8-16)26-19(29)13-32-22(26)24-23-12-15-9-10-17(28)18(11-15)31-3/h4-12,28H,13H2,1-3H3/b23-12+,24-22?. The van der Waals surface area contributed by atoms with Crippen molar-refractivity contribution in [3.05, 3.63) is 70.1 Å². The molecule has 0 bridgehead atoms. The van der Waals surface area contributed by atoms with E-state index in [0.717, 1.165) is 0 Å². The van der Waals surface area contributed by atoms with Crippen molar-refractivity contribution in [1.29, 1.82) is 0 Å². The first-order valence-electron chi connectivity index (χ1n) is 9.70. The molecule has 1 saturated heterocycles. The Balaban J connectivity index is 1.71. The van der Waals surface area contributed by atoms with Crippen LogP contribution in [0, 0.1) is 6.92 Å². The molecule has 0 aliphatic carbocycles. The van der Waals surface area contributed by atoms with Crippen molar-refractivity contribution in [2.75, 3.05) is 17.8 Å². The lowest BCUT2D eigenvalue weighted by Crippen LogP contribution is -2.34. The van der Waals surface area contributed by atoms with Gasteiger partial charge in [-0.05, 0) is 42.8 Å². The number of amidine groups is 1. The zero-order valence-corrected chi connectivity index (χ0v) is 18.5. The number of nitrogens with zero attached hydrogens (tertiary/aromatic N) is 5. The molecule has 1 fully saturated rings. The van der Waals surface area contributed by atoms with E-state index in [1.807, 2.05) is 30.3 Å². The summed E-state index contributed by atoms with van der Waals surface area (Å²) in [5, 5.41) is 18.3. The Morgan fingerprint density at radius 1 is 1.16 bits per heavy atom. The van der Waals surface area contributed by atoms with Crippen LogP contribution >= 0.6 is 11.8 Å². The van der Waals surface area contributed by atoms with Gasteiger partial charge in [0, 0.05) is 7.05 Å². The van der Waals surface area contributed by atoms with E-state index in [1.54, 1.807) is 30.8 Å². The first-order chi connectivity index (χ1) is 15.4. The molecule has 9 nitrogen and oxygen atoms in total. The molecule has 4 rings (SSSR count). The zero-order chi connectivity index (χ0) is 22.8. The number of hydrogen-bond acceptors (Lipinski definition) is 7. The minimum absolute atomic E-state index is 0.0216. The number of ether oxygens (including phenoxy) is 1. The number of amides is 1. The second-order valence-electron chi connectivity index (χ2n) is 6.99. The number of carbonyl (C=O) groups is 1. The number of hydrogen-bond donors (Lipinski definition) is 1. The molecule has 1 N–H and O–H groups in total. The van der Waals surface area contributed by atoms with Gasteiger partial charge in [0.05, 0.1) is 30.5 Å². The smallest absolute Gasteiger partial charge is 0.296 e.